The van der Waals surface area contributed by atoms with Gasteiger partial charge in [-0.3, -0.25) is 47.9 Å². The molecule has 0 saturated carbocycles. The van der Waals surface area contributed by atoms with Crippen molar-refractivity contribution >= 4 is 65.2 Å². The zero-order chi connectivity index (χ0) is 52.1. The second kappa shape index (κ2) is 28.6. The number of nitrogens with one attached hydrogen (secondary N) is 8. The van der Waals surface area contributed by atoms with Crippen LogP contribution < -0.4 is 43.0 Å². The zero-order valence-corrected chi connectivity index (χ0v) is 39.7. The van der Waals surface area contributed by atoms with Crippen LogP contribution in [0.15, 0.2) is 12.5 Å². The molecule has 1 aliphatic heterocycles. The predicted octanol–water partition coefficient (Wildman–Crippen LogP) is -3.15. The van der Waals surface area contributed by atoms with Gasteiger partial charge in [0.2, 0.25) is 47.3 Å². The summed E-state index contributed by atoms with van der Waals surface area (Å²) in [5.74, 6) is -11.7. The van der Waals surface area contributed by atoms with E-state index in [1.807, 2.05) is 27.7 Å². The largest absolute Gasteiger partial charge is 0.481 e. The number of aliphatic hydroxyl groups is 1. The molecule has 0 unspecified atom stereocenters. The minimum Gasteiger partial charge on any atom is -0.481 e. The highest BCUT2D eigenvalue weighted by molar-refractivity contribution is 5.98. The Morgan fingerprint density at radius 2 is 1.22 bits per heavy atom. The van der Waals surface area contributed by atoms with E-state index in [0.29, 0.717) is 12.1 Å². The molecule has 1 fully saturated rings. The molecule has 26 heteroatoms. The number of nitrogens with zero attached hydrogens (tertiary/aromatic N) is 2. The number of carbonyl (C=O) groups excluding carboxylic acids is 8. The highest BCUT2D eigenvalue weighted by atomic mass is 16.4. The number of aliphatic hydroxyl groups excluding tert-OH is 1. The maximum absolute atomic E-state index is 13.9. The molecule has 386 valence electrons. The summed E-state index contributed by atoms with van der Waals surface area (Å²) in [6.45, 7) is 8.69. The number of amides is 8. The minimum absolute atomic E-state index is 0.00219. The lowest BCUT2D eigenvalue weighted by atomic mass is 10.00. The molecule has 26 nitrogen and oxygen atoms in total. The van der Waals surface area contributed by atoms with E-state index in [9.17, 15) is 73.2 Å². The zero-order valence-electron chi connectivity index (χ0n) is 39.7. The Bertz CT molecular complexity index is 1960. The fraction of sp³-hybridized carbons (Fsp3) is 0.674. The molecule has 1 aromatic heterocycles. The number of nitrogens with two attached hydrogens (primary N) is 1. The number of imidazole rings is 1. The van der Waals surface area contributed by atoms with Gasteiger partial charge >= 0.3 is 17.9 Å². The van der Waals surface area contributed by atoms with E-state index in [2.05, 4.69) is 47.2 Å². The summed E-state index contributed by atoms with van der Waals surface area (Å²) < 4.78 is 0. The third-order valence-electron chi connectivity index (χ3n) is 10.9. The van der Waals surface area contributed by atoms with Gasteiger partial charge in [0.05, 0.1) is 25.5 Å². The normalized spacial score (nSPS) is 16.5. The third-order valence-corrected chi connectivity index (χ3v) is 10.9. The highest BCUT2D eigenvalue weighted by Crippen LogP contribution is 2.18. The highest BCUT2D eigenvalue weighted by Gasteiger charge is 2.38. The Labute approximate surface area is 398 Å². The number of carboxylic acids is 3. The van der Waals surface area contributed by atoms with Crippen molar-refractivity contribution in [2.24, 2.45) is 23.5 Å². The molecule has 1 aromatic rings. The molecule has 0 radical (unpaired) electrons. The van der Waals surface area contributed by atoms with E-state index < -0.39 is 158 Å². The maximum atomic E-state index is 13.9. The van der Waals surface area contributed by atoms with Gasteiger partial charge in [-0.25, -0.2) is 9.78 Å². The first-order chi connectivity index (χ1) is 32.3. The minimum atomic E-state index is -1.69. The molecule has 1 aliphatic rings. The third kappa shape index (κ3) is 20.2. The Morgan fingerprint density at radius 3 is 1.74 bits per heavy atom. The van der Waals surface area contributed by atoms with Crippen LogP contribution in [-0.2, 0) is 59.2 Å². The van der Waals surface area contributed by atoms with Crippen molar-refractivity contribution in [1.29, 1.82) is 0 Å². The van der Waals surface area contributed by atoms with Crippen LogP contribution in [-0.4, -0.2) is 168 Å². The Kier molecular flexibility index (Phi) is 24.2. The first kappa shape index (κ1) is 58.4. The predicted molar refractivity (Wildman–Crippen MR) is 242 cm³/mol. The fourth-order valence-corrected chi connectivity index (χ4v) is 7.27. The van der Waals surface area contributed by atoms with E-state index in [4.69, 9.17) is 5.73 Å². The van der Waals surface area contributed by atoms with Crippen LogP contribution in [0.2, 0.25) is 0 Å². The number of H-pyrrole nitrogens is 1. The number of aromatic amines is 1. The van der Waals surface area contributed by atoms with Crippen molar-refractivity contribution in [3.8, 4) is 0 Å². The second-order valence-electron chi connectivity index (χ2n) is 18.0. The number of carbonyl (C=O) groups is 11. The van der Waals surface area contributed by atoms with Gasteiger partial charge in [-0.2, -0.15) is 0 Å². The topological polar surface area (TPSA) is 411 Å². The fourth-order valence-electron chi connectivity index (χ4n) is 7.27. The average molecular weight is 980 g/mol. The summed E-state index contributed by atoms with van der Waals surface area (Å²) in [5, 5.41) is 54.9. The average Bonchev–Trinajstić information content (AvgIpc) is 3.98. The van der Waals surface area contributed by atoms with Crippen molar-refractivity contribution in [1.82, 2.24) is 52.1 Å². The van der Waals surface area contributed by atoms with E-state index >= 15 is 0 Å². The molecule has 0 bridgehead atoms. The van der Waals surface area contributed by atoms with Gasteiger partial charge in [0.1, 0.15) is 42.3 Å². The number of hydrogen-bond acceptors (Lipinski definition) is 14. The molecular weight excluding hydrogens is 911 g/mol. The van der Waals surface area contributed by atoms with Crippen LogP contribution in [0.4, 0.5) is 0 Å². The van der Waals surface area contributed by atoms with Gasteiger partial charge in [0.25, 0.3) is 0 Å². The molecule has 2 rings (SSSR count). The molecule has 2 heterocycles. The first-order valence-electron chi connectivity index (χ1n) is 22.7. The summed E-state index contributed by atoms with van der Waals surface area (Å²) in [7, 11) is 0. The lowest BCUT2D eigenvalue weighted by Gasteiger charge is -2.28. The molecule has 0 spiro atoms. The van der Waals surface area contributed by atoms with Crippen molar-refractivity contribution in [3.63, 3.8) is 0 Å². The van der Waals surface area contributed by atoms with Gasteiger partial charge in [0.15, 0.2) is 0 Å². The maximum Gasteiger partial charge on any atom is 0.326 e. The van der Waals surface area contributed by atoms with Gasteiger partial charge in [-0.15, -0.1) is 0 Å². The van der Waals surface area contributed by atoms with Crippen LogP contribution in [0, 0.1) is 17.8 Å². The van der Waals surface area contributed by atoms with E-state index in [0.717, 1.165) is 4.90 Å². The number of hydrogen-bond donors (Lipinski definition) is 13. The quantitative estimate of drug-likeness (QED) is 0.0362. The molecule has 69 heavy (non-hydrogen) atoms. The number of rotatable bonds is 30. The molecular formula is C43H69N11O15. The van der Waals surface area contributed by atoms with Crippen LogP contribution in [0.1, 0.15) is 98.6 Å². The van der Waals surface area contributed by atoms with Crippen LogP contribution in [0.5, 0.6) is 0 Å². The monoisotopic (exact) mass is 979 g/mol. The molecule has 14 N–H and O–H groups in total. The number of aliphatic carboxylic acids is 3. The number of likely N-dealkylation sites (tertiary alicyclic amines) is 1. The van der Waals surface area contributed by atoms with Crippen molar-refractivity contribution in [2.45, 2.75) is 148 Å². The van der Waals surface area contributed by atoms with Gasteiger partial charge in [0, 0.05) is 37.7 Å². The van der Waals surface area contributed by atoms with Crippen molar-refractivity contribution in [3.05, 3.63) is 18.2 Å². The van der Waals surface area contributed by atoms with E-state index in [-0.39, 0.29) is 44.1 Å². The summed E-state index contributed by atoms with van der Waals surface area (Å²) in [5.41, 5.74) is 6.46. The second-order valence-corrected chi connectivity index (χ2v) is 18.0. The standard InChI is InChI=1S/C43H69N11O15/c1-21(2)14-25(44)36(61)50-28(15-22(3)4)39(64)51-29(16-24-17-45-20-47-24)40(65)48-26(9-11-33(57)58)37(62)46-18-32(56)54-13-7-8-31(54)42(67)49-27(10-12-34(59)60)38(63)52-30(19-55)41(66)53-35(23(5)6)43(68)69/h17,20-23,25-31,35,55H,7-16,18-19,44H2,1-6H3,(H,45,47)(H,46,62)(H,48,65)(H,49,67)(H,50,61)(H,51,64)(H,52,63)(H,53,66)(H,57,58)(H,59,60)(H,68,69)/t25-,26-,27-,28-,29-,30-,31-,35-/m0/s1. The van der Waals surface area contributed by atoms with Crippen molar-refractivity contribution < 1.29 is 73.2 Å². The molecule has 8 amide bonds. The molecule has 0 aliphatic carbocycles. The Balaban J connectivity index is 2.25. The molecule has 1 saturated heterocycles. The number of aromatic nitrogens is 2. The molecule has 0 aromatic carbocycles. The molecule has 8 atom stereocenters. The SMILES string of the molecule is CC(C)C[C@H](NC(=O)[C@@H](N)CC(C)C)C(=O)N[C@@H](Cc1cnc[nH]1)C(=O)N[C@@H](CCC(=O)O)C(=O)NCC(=O)N1CCC[C@H]1C(=O)N[C@@H](CCC(=O)O)C(=O)N[C@@H](CO)C(=O)N[C@H](C(=O)O)C(C)C. The summed E-state index contributed by atoms with van der Waals surface area (Å²) in [6, 6.07) is -10.9. The van der Waals surface area contributed by atoms with Crippen LogP contribution in [0.3, 0.4) is 0 Å². The van der Waals surface area contributed by atoms with E-state index in [1.165, 1.54) is 26.4 Å². The van der Waals surface area contributed by atoms with Gasteiger partial charge < -0.3 is 73.3 Å². The Morgan fingerprint density at radius 1 is 0.696 bits per heavy atom. The summed E-state index contributed by atoms with van der Waals surface area (Å²) in [6.07, 6.45) is 1.21. The van der Waals surface area contributed by atoms with Crippen molar-refractivity contribution in [2.75, 3.05) is 19.7 Å². The number of carboxylic acid groups (broad SMARTS) is 3. The Hall–Kier alpha value is -6.70. The van der Waals surface area contributed by atoms with Gasteiger partial charge in [-0.05, 0) is 56.3 Å². The van der Waals surface area contributed by atoms with Gasteiger partial charge in [-0.1, -0.05) is 41.5 Å². The lowest BCUT2D eigenvalue weighted by molar-refractivity contribution is -0.144. The lowest BCUT2D eigenvalue weighted by Crippen LogP contribution is -2.59. The summed E-state index contributed by atoms with van der Waals surface area (Å²) in [4.78, 5) is 150. The first-order valence-corrected chi connectivity index (χ1v) is 22.7. The summed E-state index contributed by atoms with van der Waals surface area (Å²) >= 11 is 0. The van der Waals surface area contributed by atoms with E-state index in [1.54, 1.807) is 0 Å². The van der Waals surface area contributed by atoms with Crippen LogP contribution >= 0.6 is 0 Å². The smallest absolute Gasteiger partial charge is 0.326 e. The van der Waals surface area contributed by atoms with Crippen LogP contribution in [0.25, 0.3) is 0 Å².